The predicted molar refractivity (Wildman–Crippen MR) is 53.0 cm³/mol. The number of rotatable bonds is 0. The lowest BCUT2D eigenvalue weighted by Gasteiger charge is -2.06. The Hall–Kier alpha value is -0.920. The molecule has 2 heteroatoms. The van der Waals surface area contributed by atoms with Gasteiger partial charge in [0.1, 0.15) is 0 Å². The van der Waals surface area contributed by atoms with Crippen molar-refractivity contribution in [3.8, 4) is 0 Å². The number of fused-ring (bicyclic) bond motifs is 1. The van der Waals surface area contributed by atoms with Crippen LogP contribution in [-0.4, -0.2) is 9.97 Å². The van der Waals surface area contributed by atoms with E-state index in [1.54, 1.807) is 0 Å². The van der Waals surface area contributed by atoms with Crippen LogP contribution in [0.5, 0.6) is 0 Å². The summed E-state index contributed by atoms with van der Waals surface area (Å²) in [6, 6.07) is 0. The third-order valence-corrected chi connectivity index (χ3v) is 3.00. The molecule has 1 aliphatic rings. The van der Waals surface area contributed by atoms with Crippen molar-refractivity contribution in [2.45, 2.75) is 46.0 Å². The van der Waals surface area contributed by atoms with Gasteiger partial charge in [0.15, 0.2) is 0 Å². The maximum atomic E-state index is 4.62. The van der Waals surface area contributed by atoms with E-state index in [0.717, 1.165) is 11.4 Å². The Bertz CT molecular complexity index is 311. The molecular weight excluding hydrogens is 160 g/mol. The minimum absolute atomic E-state index is 0.594. The Morgan fingerprint density at radius 1 is 0.923 bits per heavy atom. The van der Waals surface area contributed by atoms with E-state index in [2.05, 4.69) is 23.8 Å². The normalized spacial score (nSPS) is 26.2. The van der Waals surface area contributed by atoms with Crippen molar-refractivity contribution in [1.82, 2.24) is 9.97 Å². The first kappa shape index (κ1) is 8.67. The third kappa shape index (κ3) is 1.25. The summed E-state index contributed by atoms with van der Waals surface area (Å²) in [6.45, 7) is 8.56. The molecule has 70 valence electrons. The van der Waals surface area contributed by atoms with Crippen molar-refractivity contribution in [3.63, 3.8) is 0 Å². The van der Waals surface area contributed by atoms with Crippen molar-refractivity contribution in [2.75, 3.05) is 0 Å². The molecular formula is C11H16N2. The van der Waals surface area contributed by atoms with Gasteiger partial charge < -0.3 is 0 Å². The number of hydrogen-bond donors (Lipinski definition) is 0. The quantitative estimate of drug-likeness (QED) is 0.607. The monoisotopic (exact) mass is 176 g/mol. The number of aryl methyl sites for hydroxylation is 2. The minimum atomic E-state index is 0.594. The molecule has 1 aromatic rings. The molecule has 2 atom stereocenters. The van der Waals surface area contributed by atoms with Crippen LogP contribution in [0.3, 0.4) is 0 Å². The van der Waals surface area contributed by atoms with E-state index in [4.69, 9.17) is 0 Å². The summed E-state index contributed by atoms with van der Waals surface area (Å²) in [5.41, 5.74) is 4.63. The molecule has 0 saturated heterocycles. The minimum Gasteiger partial charge on any atom is -0.254 e. The van der Waals surface area contributed by atoms with Gasteiger partial charge >= 0.3 is 0 Å². The molecule has 0 aromatic carbocycles. The SMILES string of the molecule is Cc1nc2c(nc1C)[C@H](C)C[C@H]2C. The van der Waals surface area contributed by atoms with Crippen LogP contribution in [0.15, 0.2) is 0 Å². The summed E-state index contributed by atoms with van der Waals surface area (Å²) in [6.07, 6.45) is 1.21. The van der Waals surface area contributed by atoms with E-state index < -0.39 is 0 Å². The van der Waals surface area contributed by atoms with Gasteiger partial charge in [-0.25, -0.2) is 0 Å². The Morgan fingerprint density at radius 3 is 1.69 bits per heavy atom. The fourth-order valence-electron chi connectivity index (χ4n) is 2.12. The summed E-state index contributed by atoms with van der Waals surface area (Å²) >= 11 is 0. The molecule has 13 heavy (non-hydrogen) atoms. The van der Waals surface area contributed by atoms with Gasteiger partial charge in [-0.05, 0) is 20.3 Å². The fourth-order valence-corrected chi connectivity index (χ4v) is 2.12. The summed E-state index contributed by atoms with van der Waals surface area (Å²) in [5.74, 6) is 1.19. The lowest BCUT2D eigenvalue weighted by molar-refractivity contribution is 0.650. The average molecular weight is 176 g/mol. The molecule has 0 aliphatic heterocycles. The van der Waals surface area contributed by atoms with Crippen molar-refractivity contribution in [1.29, 1.82) is 0 Å². The smallest absolute Gasteiger partial charge is 0.0653 e. The van der Waals surface area contributed by atoms with Gasteiger partial charge in [-0.15, -0.1) is 0 Å². The van der Waals surface area contributed by atoms with E-state index in [1.807, 2.05) is 13.8 Å². The largest absolute Gasteiger partial charge is 0.254 e. The van der Waals surface area contributed by atoms with E-state index in [1.165, 1.54) is 17.8 Å². The van der Waals surface area contributed by atoms with Crippen molar-refractivity contribution in [3.05, 3.63) is 22.8 Å². The molecule has 1 heterocycles. The third-order valence-electron chi connectivity index (χ3n) is 3.00. The summed E-state index contributed by atoms with van der Waals surface area (Å²) in [4.78, 5) is 9.24. The number of hydrogen-bond acceptors (Lipinski definition) is 2. The van der Waals surface area contributed by atoms with Crippen LogP contribution in [0.1, 0.15) is 54.9 Å². The number of aromatic nitrogens is 2. The molecule has 0 saturated carbocycles. The zero-order valence-corrected chi connectivity index (χ0v) is 8.76. The molecule has 0 amide bonds. The topological polar surface area (TPSA) is 25.8 Å². The van der Waals surface area contributed by atoms with Gasteiger partial charge in [-0.2, -0.15) is 0 Å². The van der Waals surface area contributed by atoms with E-state index in [9.17, 15) is 0 Å². The van der Waals surface area contributed by atoms with Gasteiger partial charge in [-0.3, -0.25) is 9.97 Å². The van der Waals surface area contributed by atoms with Gasteiger partial charge in [0.25, 0.3) is 0 Å². The van der Waals surface area contributed by atoms with Gasteiger partial charge in [-0.1, -0.05) is 13.8 Å². The highest BCUT2D eigenvalue weighted by Crippen LogP contribution is 2.38. The zero-order chi connectivity index (χ0) is 9.59. The fraction of sp³-hybridized carbons (Fsp3) is 0.636. The Morgan fingerprint density at radius 2 is 1.31 bits per heavy atom. The van der Waals surface area contributed by atoms with Crippen LogP contribution < -0.4 is 0 Å². The lowest BCUT2D eigenvalue weighted by atomic mass is 10.1. The Kier molecular flexibility index (Phi) is 1.86. The maximum Gasteiger partial charge on any atom is 0.0653 e. The maximum absolute atomic E-state index is 4.62. The summed E-state index contributed by atoms with van der Waals surface area (Å²) in [5, 5.41) is 0. The van der Waals surface area contributed by atoms with Crippen molar-refractivity contribution in [2.24, 2.45) is 0 Å². The van der Waals surface area contributed by atoms with E-state index in [-0.39, 0.29) is 0 Å². The van der Waals surface area contributed by atoms with Crippen LogP contribution in [0, 0.1) is 13.8 Å². The first-order valence-electron chi connectivity index (χ1n) is 4.94. The molecule has 1 aliphatic carbocycles. The van der Waals surface area contributed by atoms with Crippen LogP contribution in [0.4, 0.5) is 0 Å². The second kappa shape index (κ2) is 2.79. The molecule has 2 rings (SSSR count). The highest BCUT2D eigenvalue weighted by atomic mass is 14.9. The molecule has 0 radical (unpaired) electrons. The zero-order valence-electron chi connectivity index (χ0n) is 8.76. The highest BCUT2D eigenvalue weighted by molar-refractivity contribution is 5.29. The highest BCUT2D eigenvalue weighted by Gasteiger charge is 2.28. The molecule has 0 fully saturated rings. The van der Waals surface area contributed by atoms with E-state index >= 15 is 0 Å². The lowest BCUT2D eigenvalue weighted by Crippen LogP contribution is -2.01. The second-order valence-corrected chi connectivity index (χ2v) is 4.20. The molecule has 0 spiro atoms. The predicted octanol–water partition coefficient (Wildman–Crippen LogP) is 2.70. The van der Waals surface area contributed by atoms with Gasteiger partial charge in [0.05, 0.1) is 22.8 Å². The second-order valence-electron chi connectivity index (χ2n) is 4.20. The van der Waals surface area contributed by atoms with Crippen molar-refractivity contribution < 1.29 is 0 Å². The van der Waals surface area contributed by atoms with Crippen LogP contribution in [0.25, 0.3) is 0 Å². The van der Waals surface area contributed by atoms with Gasteiger partial charge in [0.2, 0.25) is 0 Å². The average Bonchev–Trinajstić information content (AvgIpc) is 2.31. The Labute approximate surface area is 79.4 Å². The van der Waals surface area contributed by atoms with Crippen molar-refractivity contribution >= 4 is 0 Å². The molecule has 0 N–H and O–H groups in total. The first-order valence-corrected chi connectivity index (χ1v) is 4.94. The Balaban J connectivity index is 2.58. The number of nitrogens with zero attached hydrogens (tertiary/aromatic N) is 2. The first-order chi connectivity index (χ1) is 6.09. The van der Waals surface area contributed by atoms with E-state index in [0.29, 0.717) is 11.8 Å². The van der Waals surface area contributed by atoms with Crippen LogP contribution >= 0.6 is 0 Å². The molecule has 1 aromatic heterocycles. The summed E-state index contributed by atoms with van der Waals surface area (Å²) < 4.78 is 0. The van der Waals surface area contributed by atoms with Crippen LogP contribution in [0.2, 0.25) is 0 Å². The molecule has 0 bridgehead atoms. The molecule has 2 nitrogen and oxygen atoms in total. The van der Waals surface area contributed by atoms with Crippen LogP contribution in [-0.2, 0) is 0 Å². The molecule has 0 unspecified atom stereocenters. The summed E-state index contributed by atoms with van der Waals surface area (Å²) in [7, 11) is 0. The standard InChI is InChI=1S/C11H16N2/c1-6-5-7(2)11-10(6)12-8(3)9(4)13-11/h6-7H,5H2,1-4H3/t6-,7-/m1/s1. The van der Waals surface area contributed by atoms with Gasteiger partial charge in [0, 0.05) is 11.8 Å².